The van der Waals surface area contributed by atoms with Crippen LogP contribution in [0.4, 0.5) is 0 Å². The number of carbonyl (C=O) groups is 1. The highest BCUT2D eigenvalue weighted by molar-refractivity contribution is 5.94. The summed E-state index contributed by atoms with van der Waals surface area (Å²) in [5.74, 6) is -0.503. The number of nitrogens with zero attached hydrogens (tertiary/aromatic N) is 2. The Morgan fingerprint density at radius 3 is 2.52 bits per heavy atom. The minimum atomic E-state index is -0.840. The molecule has 3 N–H and O–H groups in total. The zero-order valence-electron chi connectivity index (χ0n) is 15.5. The van der Waals surface area contributed by atoms with E-state index in [2.05, 4.69) is 15.5 Å². The lowest BCUT2D eigenvalue weighted by atomic mass is 10.2. The molecule has 0 bridgehead atoms. The van der Waals surface area contributed by atoms with Gasteiger partial charge in [0.2, 0.25) is 5.88 Å². The summed E-state index contributed by atoms with van der Waals surface area (Å²) in [6, 6.07) is 14.7. The lowest BCUT2D eigenvalue weighted by Gasteiger charge is -2.10. The van der Waals surface area contributed by atoms with Crippen molar-refractivity contribution in [2.45, 2.75) is 6.92 Å². The highest BCUT2D eigenvalue weighted by Crippen LogP contribution is 2.18. The molecular formula is C20H18N4O5. The van der Waals surface area contributed by atoms with Crippen LogP contribution in [0.25, 0.3) is 5.69 Å². The standard InChI is InChI=1S/C20H18N4O5/c1-2-29-15-10-8-14(9-11-15)24-19(27)16(18(26)22-20(24)28)12-21-23-17(25)13-6-4-3-5-7-13/h3-12,27H,2H2,1H3,(H,23,25)(H,22,26,28)/b21-12+. The Labute approximate surface area is 164 Å². The van der Waals surface area contributed by atoms with Crippen LogP contribution < -0.4 is 21.4 Å². The third kappa shape index (κ3) is 4.41. The summed E-state index contributed by atoms with van der Waals surface area (Å²) in [5, 5.41) is 14.2. The van der Waals surface area contributed by atoms with E-state index in [9.17, 15) is 19.5 Å². The van der Waals surface area contributed by atoms with Gasteiger partial charge in [0.1, 0.15) is 11.3 Å². The van der Waals surface area contributed by atoms with E-state index in [4.69, 9.17) is 4.74 Å². The van der Waals surface area contributed by atoms with Crippen LogP contribution in [0.5, 0.6) is 11.6 Å². The van der Waals surface area contributed by atoms with Crippen molar-refractivity contribution in [3.8, 4) is 17.3 Å². The van der Waals surface area contributed by atoms with Gasteiger partial charge in [0.05, 0.1) is 18.5 Å². The Bertz CT molecular complexity index is 1150. The molecule has 9 heteroatoms. The van der Waals surface area contributed by atoms with Crippen LogP contribution in [-0.2, 0) is 0 Å². The van der Waals surface area contributed by atoms with E-state index in [1.54, 1.807) is 54.6 Å². The predicted molar refractivity (Wildman–Crippen MR) is 107 cm³/mol. The number of ether oxygens (including phenoxy) is 1. The Morgan fingerprint density at radius 1 is 1.17 bits per heavy atom. The van der Waals surface area contributed by atoms with E-state index in [1.807, 2.05) is 6.92 Å². The normalized spacial score (nSPS) is 10.8. The fourth-order valence-electron chi connectivity index (χ4n) is 2.56. The van der Waals surface area contributed by atoms with Crippen molar-refractivity contribution in [2.24, 2.45) is 5.10 Å². The average molecular weight is 394 g/mol. The van der Waals surface area contributed by atoms with Gasteiger partial charge < -0.3 is 9.84 Å². The number of aromatic nitrogens is 2. The van der Waals surface area contributed by atoms with Crippen LogP contribution >= 0.6 is 0 Å². The van der Waals surface area contributed by atoms with Gasteiger partial charge in [-0.3, -0.25) is 14.6 Å². The van der Waals surface area contributed by atoms with Crippen LogP contribution in [-0.4, -0.2) is 33.4 Å². The van der Waals surface area contributed by atoms with Crippen molar-refractivity contribution < 1.29 is 14.6 Å². The van der Waals surface area contributed by atoms with Gasteiger partial charge in [-0.15, -0.1) is 0 Å². The molecular weight excluding hydrogens is 376 g/mol. The molecule has 0 spiro atoms. The molecule has 1 amide bonds. The zero-order valence-corrected chi connectivity index (χ0v) is 15.5. The highest BCUT2D eigenvalue weighted by atomic mass is 16.5. The summed E-state index contributed by atoms with van der Waals surface area (Å²) >= 11 is 0. The van der Waals surface area contributed by atoms with Gasteiger partial charge in [-0.05, 0) is 43.3 Å². The van der Waals surface area contributed by atoms with Gasteiger partial charge in [-0.2, -0.15) is 5.10 Å². The summed E-state index contributed by atoms with van der Waals surface area (Å²) in [6.07, 6.45) is 0.972. The number of hydrazone groups is 1. The number of aromatic amines is 1. The lowest BCUT2D eigenvalue weighted by Crippen LogP contribution is -2.31. The van der Waals surface area contributed by atoms with E-state index < -0.39 is 23.0 Å². The summed E-state index contributed by atoms with van der Waals surface area (Å²) in [7, 11) is 0. The molecule has 3 aromatic rings. The monoisotopic (exact) mass is 394 g/mol. The molecule has 3 rings (SSSR count). The summed E-state index contributed by atoms with van der Waals surface area (Å²) in [4.78, 5) is 38.4. The first-order chi connectivity index (χ1) is 14.0. The van der Waals surface area contributed by atoms with Crippen LogP contribution in [0.15, 0.2) is 69.3 Å². The Balaban J connectivity index is 1.90. The molecule has 0 aliphatic carbocycles. The Morgan fingerprint density at radius 2 is 1.86 bits per heavy atom. The van der Waals surface area contributed by atoms with Crippen molar-refractivity contribution in [2.75, 3.05) is 6.61 Å². The second-order valence-corrected chi connectivity index (χ2v) is 5.82. The van der Waals surface area contributed by atoms with Gasteiger partial charge in [-0.25, -0.2) is 14.8 Å². The minimum absolute atomic E-state index is 0.285. The molecule has 0 fully saturated rings. The maximum absolute atomic E-state index is 12.2. The first-order valence-corrected chi connectivity index (χ1v) is 8.71. The van der Waals surface area contributed by atoms with E-state index in [1.165, 1.54) is 0 Å². The average Bonchev–Trinajstić information content (AvgIpc) is 2.72. The molecule has 2 aromatic carbocycles. The van der Waals surface area contributed by atoms with E-state index in [0.29, 0.717) is 23.6 Å². The molecule has 0 aliphatic heterocycles. The SMILES string of the molecule is CCOc1ccc(-n2c(O)c(/C=N/NC(=O)c3ccccc3)c(=O)[nH]c2=O)cc1. The molecule has 0 aliphatic rings. The third-order valence-corrected chi connectivity index (χ3v) is 3.92. The number of nitrogens with one attached hydrogen (secondary N) is 2. The fraction of sp³-hybridized carbons (Fsp3) is 0.100. The topological polar surface area (TPSA) is 126 Å². The largest absolute Gasteiger partial charge is 0.494 e. The van der Waals surface area contributed by atoms with Gasteiger partial charge in [-0.1, -0.05) is 18.2 Å². The maximum atomic E-state index is 12.2. The second kappa shape index (κ2) is 8.70. The molecule has 0 saturated carbocycles. The van der Waals surface area contributed by atoms with Crippen molar-refractivity contribution >= 4 is 12.1 Å². The van der Waals surface area contributed by atoms with Gasteiger partial charge in [0.15, 0.2) is 0 Å². The first kappa shape index (κ1) is 19.6. The Hall–Kier alpha value is -4.14. The number of H-pyrrole nitrogens is 1. The van der Waals surface area contributed by atoms with Gasteiger partial charge in [0.25, 0.3) is 11.5 Å². The summed E-state index contributed by atoms with van der Waals surface area (Å²) < 4.78 is 6.26. The molecule has 0 radical (unpaired) electrons. The number of carbonyl (C=O) groups excluding carboxylic acids is 1. The molecule has 0 atom stereocenters. The highest BCUT2D eigenvalue weighted by Gasteiger charge is 2.14. The summed E-state index contributed by atoms with van der Waals surface area (Å²) in [5.41, 5.74) is 1.01. The molecule has 0 unspecified atom stereocenters. The molecule has 1 heterocycles. The second-order valence-electron chi connectivity index (χ2n) is 5.82. The first-order valence-electron chi connectivity index (χ1n) is 8.71. The Kier molecular flexibility index (Phi) is 5.88. The van der Waals surface area contributed by atoms with Gasteiger partial charge in [0, 0.05) is 5.56 Å². The van der Waals surface area contributed by atoms with E-state index >= 15 is 0 Å². The van der Waals surface area contributed by atoms with E-state index in [0.717, 1.165) is 10.8 Å². The number of rotatable bonds is 6. The van der Waals surface area contributed by atoms with Crippen molar-refractivity contribution in [3.05, 3.63) is 86.6 Å². The number of hydrogen-bond donors (Lipinski definition) is 3. The number of amides is 1. The number of aromatic hydroxyl groups is 1. The van der Waals surface area contributed by atoms with Crippen molar-refractivity contribution in [1.82, 2.24) is 15.0 Å². The van der Waals surface area contributed by atoms with Crippen LogP contribution in [0.1, 0.15) is 22.8 Å². The van der Waals surface area contributed by atoms with E-state index in [-0.39, 0.29) is 5.56 Å². The van der Waals surface area contributed by atoms with Crippen molar-refractivity contribution in [3.63, 3.8) is 0 Å². The maximum Gasteiger partial charge on any atom is 0.335 e. The minimum Gasteiger partial charge on any atom is -0.494 e. The smallest absolute Gasteiger partial charge is 0.335 e. The number of benzene rings is 2. The number of hydrogen-bond acceptors (Lipinski definition) is 6. The van der Waals surface area contributed by atoms with Gasteiger partial charge >= 0.3 is 5.69 Å². The lowest BCUT2D eigenvalue weighted by molar-refractivity contribution is 0.0955. The van der Waals surface area contributed by atoms with Crippen LogP contribution in [0.2, 0.25) is 0 Å². The third-order valence-electron chi connectivity index (χ3n) is 3.92. The molecule has 29 heavy (non-hydrogen) atoms. The predicted octanol–water partition coefficient (Wildman–Crippen LogP) is 1.39. The molecule has 9 nitrogen and oxygen atoms in total. The quantitative estimate of drug-likeness (QED) is 0.430. The molecule has 148 valence electrons. The molecule has 1 aromatic heterocycles. The van der Waals surface area contributed by atoms with Crippen molar-refractivity contribution in [1.29, 1.82) is 0 Å². The fourth-order valence-corrected chi connectivity index (χ4v) is 2.56. The van der Waals surface area contributed by atoms with Crippen LogP contribution in [0.3, 0.4) is 0 Å². The molecule has 0 saturated heterocycles. The zero-order chi connectivity index (χ0) is 20.8. The van der Waals surface area contributed by atoms with Crippen LogP contribution in [0, 0.1) is 0 Å². The summed E-state index contributed by atoms with van der Waals surface area (Å²) in [6.45, 7) is 2.33.